The van der Waals surface area contributed by atoms with E-state index in [-0.39, 0.29) is 0 Å². The van der Waals surface area contributed by atoms with Gasteiger partial charge in [-0.15, -0.1) is 0 Å². The Kier molecular flexibility index (Phi) is 4.77. The Balaban J connectivity index is 2.22. The van der Waals surface area contributed by atoms with Crippen LogP contribution >= 0.6 is 0 Å². The highest BCUT2D eigenvalue weighted by atomic mass is 16.5. The Hall–Kier alpha value is -0.730. The average molecular weight is 199 g/mol. The van der Waals surface area contributed by atoms with E-state index in [4.69, 9.17) is 10.5 Å². The highest BCUT2D eigenvalue weighted by molar-refractivity contribution is 5.64. The van der Waals surface area contributed by atoms with Gasteiger partial charge in [0.2, 0.25) is 0 Å². The monoisotopic (exact) mass is 199 g/mol. The maximum Gasteiger partial charge on any atom is 0.404 e. The zero-order valence-electron chi connectivity index (χ0n) is 9.00. The van der Waals surface area contributed by atoms with Crippen molar-refractivity contribution in [2.24, 2.45) is 17.6 Å². The number of hydrogen-bond acceptors (Lipinski definition) is 2. The summed E-state index contributed by atoms with van der Waals surface area (Å²) in [5.74, 6) is 1.58. The van der Waals surface area contributed by atoms with Crippen molar-refractivity contribution in [2.45, 2.75) is 45.4 Å². The zero-order chi connectivity index (χ0) is 10.4. The number of carbonyl (C=O) groups excluding carboxylic acids is 1. The molecule has 14 heavy (non-hydrogen) atoms. The minimum atomic E-state index is -0.645. The number of amides is 1. The first kappa shape index (κ1) is 11.3. The lowest BCUT2D eigenvalue weighted by atomic mass is 9.76. The molecule has 1 amide bonds. The van der Waals surface area contributed by atoms with Crippen LogP contribution in [0.15, 0.2) is 0 Å². The maximum atomic E-state index is 10.4. The van der Waals surface area contributed by atoms with Crippen molar-refractivity contribution in [1.82, 2.24) is 0 Å². The van der Waals surface area contributed by atoms with E-state index in [0.29, 0.717) is 6.61 Å². The van der Waals surface area contributed by atoms with E-state index in [9.17, 15) is 4.79 Å². The molecule has 1 fully saturated rings. The summed E-state index contributed by atoms with van der Waals surface area (Å²) in [5.41, 5.74) is 4.91. The van der Waals surface area contributed by atoms with Gasteiger partial charge in [-0.05, 0) is 18.3 Å². The van der Waals surface area contributed by atoms with E-state index >= 15 is 0 Å². The van der Waals surface area contributed by atoms with Crippen LogP contribution in [-0.2, 0) is 4.74 Å². The molecule has 2 atom stereocenters. The number of ether oxygens (including phenoxy) is 1. The van der Waals surface area contributed by atoms with Crippen LogP contribution in [0.3, 0.4) is 0 Å². The molecule has 0 heterocycles. The molecule has 1 aliphatic rings. The van der Waals surface area contributed by atoms with Crippen molar-refractivity contribution < 1.29 is 9.53 Å². The molecule has 1 aliphatic carbocycles. The van der Waals surface area contributed by atoms with Crippen LogP contribution in [0.5, 0.6) is 0 Å². The summed E-state index contributed by atoms with van der Waals surface area (Å²) in [4.78, 5) is 10.4. The second-order valence-electron chi connectivity index (χ2n) is 4.17. The first-order valence-electron chi connectivity index (χ1n) is 5.66. The molecular weight excluding hydrogens is 178 g/mol. The normalized spacial score (nSPS) is 27.2. The summed E-state index contributed by atoms with van der Waals surface area (Å²) in [6.07, 6.45) is 6.93. The van der Waals surface area contributed by atoms with E-state index in [0.717, 1.165) is 18.3 Å². The second-order valence-corrected chi connectivity index (χ2v) is 4.17. The summed E-state index contributed by atoms with van der Waals surface area (Å²) in [5, 5.41) is 0. The molecule has 1 saturated carbocycles. The molecule has 0 aliphatic heterocycles. The summed E-state index contributed by atoms with van der Waals surface area (Å²) in [6.45, 7) is 2.74. The molecule has 0 spiro atoms. The topological polar surface area (TPSA) is 52.3 Å². The molecule has 1 rings (SSSR count). The van der Waals surface area contributed by atoms with Crippen molar-refractivity contribution in [3.8, 4) is 0 Å². The minimum absolute atomic E-state index is 0.497. The number of primary amides is 1. The molecule has 0 aromatic rings. The lowest BCUT2D eigenvalue weighted by Gasteiger charge is -2.30. The lowest BCUT2D eigenvalue weighted by molar-refractivity contribution is 0.129. The molecule has 0 saturated heterocycles. The highest BCUT2D eigenvalue weighted by Gasteiger charge is 2.23. The van der Waals surface area contributed by atoms with Gasteiger partial charge < -0.3 is 10.5 Å². The van der Waals surface area contributed by atoms with Gasteiger partial charge in [0.25, 0.3) is 0 Å². The van der Waals surface area contributed by atoms with Crippen LogP contribution in [0.2, 0.25) is 0 Å². The first-order valence-corrected chi connectivity index (χ1v) is 5.66. The van der Waals surface area contributed by atoms with Crippen LogP contribution in [0, 0.1) is 11.8 Å². The van der Waals surface area contributed by atoms with Gasteiger partial charge in [0.1, 0.15) is 0 Å². The van der Waals surface area contributed by atoms with Gasteiger partial charge in [-0.1, -0.05) is 39.0 Å². The number of rotatable bonds is 4. The Morgan fingerprint density at radius 2 is 2.00 bits per heavy atom. The van der Waals surface area contributed by atoms with Crippen molar-refractivity contribution in [3.05, 3.63) is 0 Å². The Bertz CT molecular complexity index is 182. The molecule has 2 N–H and O–H groups in total. The number of carbonyl (C=O) groups is 1. The quantitative estimate of drug-likeness (QED) is 0.756. The third-order valence-corrected chi connectivity index (χ3v) is 3.32. The van der Waals surface area contributed by atoms with Gasteiger partial charge in [0, 0.05) is 0 Å². The predicted octanol–water partition coefficient (Wildman–Crippen LogP) is 2.69. The molecule has 0 radical (unpaired) electrons. The zero-order valence-corrected chi connectivity index (χ0v) is 9.00. The number of nitrogens with two attached hydrogens (primary N) is 1. The Morgan fingerprint density at radius 3 is 2.57 bits per heavy atom. The van der Waals surface area contributed by atoms with Crippen molar-refractivity contribution in [1.29, 1.82) is 0 Å². The molecule has 0 aromatic carbocycles. The minimum Gasteiger partial charge on any atom is -0.450 e. The average Bonchev–Trinajstić information content (AvgIpc) is 2.18. The largest absolute Gasteiger partial charge is 0.450 e. The van der Waals surface area contributed by atoms with Crippen LogP contribution in [0.1, 0.15) is 45.4 Å². The van der Waals surface area contributed by atoms with E-state index < -0.39 is 6.09 Å². The predicted molar refractivity (Wildman–Crippen MR) is 55.9 cm³/mol. The number of hydrogen-bond donors (Lipinski definition) is 1. The van der Waals surface area contributed by atoms with Crippen LogP contribution in [0.4, 0.5) is 4.79 Å². The fraction of sp³-hybridized carbons (Fsp3) is 0.909. The van der Waals surface area contributed by atoms with Gasteiger partial charge in [-0.25, -0.2) is 4.79 Å². The van der Waals surface area contributed by atoms with Crippen LogP contribution in [0.25, 0.3) is 0 Å². The molecule has 3 nitrogen and oxygen atoms in total. The third kappa shape index (κ3) is 3.56. The van der Waals surface area contributed by atoms with Gasteiger partial charge in [-0.3, -0.25) is 0 Å². The van der Waals surface area contributed by atoms with Gasteiger partial charge in [0.05, 0.1) is 6.61 Å². The van der Waals surface area contributed by atoms with Crippen molar-refractivity contribution in [3.63, 3.8) is 0 Å². The van der Waals surface area contributed by atoms with Gasteiger partial charge >= 0.3 is 6.09 Å². The van der Waals surface area contributed by atoms with Crippen molar-refractivity contribution in [2.75, 3.05) is 6.61 Å². The fourth-order valence-corrected chi connectivity index (χ4v) is 2.51. The summed E-state index contributed by atoms with van der Waals surface area (Å²) in [7, 11) is 0. The smallest absolute Gasteiger partial charge is 0.404 e. The van der Waals surface area contributed by atoms with E-state index in [2.05, 4.69) is 6.92 Å². The van der Waals surface area contributed by atoms with Crippen molar-refractivity contribution >= 4 is 6.09 Å². The third-order valence-electron chi connectivity index (χ3n) is 3.32. The van der Waals surface area contributed by atoms with E-state index in [1.807, 2.05) is 0 Å². The SMILES string of the molecule is CCC1CCCC[C@H]1CCOC(N)=O. The maximum absolute atomic E-state index is 10.4. The fourth-order valence-electron chi connectivity index (χ4n) is 2.51. The van der Waals surface area contributed by atoms with E-state index in [1.54, 1.807) is 0 Å². The Labute approximate surface area is 86.0 Å². The van der Waals surface area contributed by atoms with Gasteiger partial charge in [0.15, 0.2) is 0 Å². The lowest BCUT2D eigenvalue weighted by Crippen LogP contribution is -2.22. The Morgan fingerprint density at radius 1 is 1.36 bits per heavy atom. The molecule has 82 valence electrons. The molecule has 0 aromatic heterocycles. The molecule has 0 bridgehead atoms. The first-order chi connectivity index (χ1) is 6.74. The molecular formula is C11H21NO2. The van der Waals surface area contributed by atoms with E-state index in [1.165, 1.54) is 32.1 Å². The molecule has 3 heteroatoms. The molecule has 1 unspecified atom stereocenters. The van der Waals surface area contributed by atoms with Gasteiger partial charge in [-0.2, -0.15) is 0 Å². The highest BCUT2D eigenvalue weighted by Crippen LogP contribution is 2.34. The van der Waals surface area contributed by atoms with Crippen LogP contribution < -0.4 is 5.73 Å². The summed E-state index contributed by atoms with van der Waals surface area (Å²) >= 11 is 0. The summed E-state index contributed by atoms with van der Waals surface area (Å²) < 4.78 is 4.78. The standard InChI is InChI=1S/C11H21NO2/c1-2-9-5-3-4-6-10(9)7-8-14-11(12)13/h9-10H,2-8H2,1H3,(H2,12,13)/t9?,10-/m0/s1. The second kappa shape index (κ2) is 5.89. The van der Waals surface area contributed by atoms with Crippen LogP contribution in [-0.4, -0.2) is 12.7 Å². The summed E-state index contributed by atoms with van der Waals surface area (Å²) in [6, 6.07) is 0.